The molecule has 0 saturated carbocycles. The van der Waals surface area contributed by atoms with E-state index in [1.54, 1.807) is 0 Å². The first-order valence-corrected chi connectivity index (χ1v) is 6.56. The van der Waals surface area contributed by atoms with Crippen LogP contribution >= 0.6 is 0 Å². The van der Waals surface area contributed by atoms with E-state index in [9.17, 15) is 0 Å². The van der Waals surface area contributed by atoms with Gasteiger partial charge in [-0.15, -0.1) is 0 Å². The first-order chi connectivity index (χ1) is 9.17. The molecule has 0 spiro atoms. The number of nitrogens with one attached hydrogen (secondary N) is 2. The molecule has 0 aromatic carbocycles. The number of anilines is 2. The largest absolute Gasteiger partial charge is 0.465 e. The molecule has 2 rings (SSSR count). The van der Waals surface area contributed by atoms with E-state index in [0.29, 0.717) is 6.54 Å². The van der Waals surface area contributed by atoms with Crippen LogP contribution < -0.4 is 10.6 Å². The molecular formula is C14H20N4O. The zero-order valence-corrected chi connectivity index (χ0v) is 11.7. The Morgan fingerprint density at radius 1 is 1.11 bits per heavy atom. The van der Waals surface area contributed by atoms with Crippen molar-refractivity contribution in [3.05, 3.63) is 35.5 Å². The van der Waals surface area contributed by atoms with Gasteiger partial charge in [0, 0.05) is 12.6 Å². The lowest BCUT2D eigenvalue weighted by atomic mass is 10.4. The van der Waals surface area contributed by atoms with E-state index in [-0.39, 0.29) is 0 Å². The Balaban J connectivity index is 2.01. The van der Waals surface area contributed by atoms with Gasteiger partial charge >= 0.3 is 0 Å². The zero-order valence-electron chi connectivity index (χ0n) is 11.7. The van der Waals surface area contributed by atoms with E-state index in [1.165, 1.54) is 0 Å². The van der Waals surface area contributed by atoms with Crippen molar-refractivity contribution < 1.29 is 4.42 Å². The molecule has 2 aromatic rings. The second-order valence-electron chi connectivity index (χ2n) is 4.48. The van der Waals surface area contributed by atoms with Crippen LogP contribution in [0.3, 0.4) is 0 Å². The van der Waals surface area contributed by atoms with Crippen LogP contribution in [0.15, 0.2) is 22.6 Å². The van der Waals surface area contributed by atoms with Crippen molar-refractivity contribution in [1.29, 1.82) is 0 Å². The third-order valence-electron chi connectivity index (χ3n) is 2.63. The van der Waals surface area contributed by atoms with Gasteiger partial charge in [-0.1, -0.05) is 6.92 Å². The Bertz CT molecular complexity index is 536. The molecule has 0 radical (unpaired) electrons. The molecule has 0 unspecified atom stereocenters. The predicted molar refractivity (Wildman–Crippen MR) is 76.3 cm³/mol. The van der Waals surface area contributed by atoms with Crippen LogP contribution in [-0.2, 0) is 6.54 Å². The molecule has 5 nitrogen and oxygen atoms in total. The summed E-state index contributed by atoms with van der Waals surface area (Å²) in [6, 6.07) is 5.83. The monoisotopic (exact) mass is 260 g/mol. The second-order valence-corrected chi connectivity index (χ2v) is 4.48. The van der Waals surface area contributed by atoms with Gasteiger partial charge in [0.15, 0.2) is 0 Å². The van der Waals surface area contributed by atoms with Crippen LogP contribution in [0, 0.1) is 13.8 Å². The highest BCUT2D eigenvalue weighted by Crippen LogP contribution is 2.13. The third-order valence-corrected chi connectivity index (χ3v) is 2.63. The molecule has 102 valence electrons. The molecule has 0 aliphatic carbocycles. The molecule has 0 atom stereocenters. The maximum atomic E-state index is 5.51. The molecule has 0 fully saturated rings. The SMILES string of the molecule is CCCNc1cc(NCc2ccc(C)o2)nc(C)n1. The van der Waals surface area contributed by atoms with Crippen molar-refractivity contribution in [2.24, 2.45) is 0 Å². The highest BCUT2D eigenvalue weighted by atomic mass is 16.3. The summed E-state index contributed by atoms with van der Waals surface area (Å²) in [5.41, 5.74) is 0. The van der Waals surface area contributed by atoms with Gasteiger partial charge in [0.2, 0.25) is 0 Å². The molecule has 2 heterocycles. The van der Waals surface area contributed by atoms with Crippen LogP contribution in [0.5, 0.6) is 0 Å². The Kier molecular flexibility index (Phi) is 4.39. The lowest BCUT2D eigenvalue weighted by molar-refractivity contribution is 0.490. The van der Waals surface area contributed by atoms with E-state index in [0.717, 1.165) is 41.9 Å². The van der Waals surface area contributed by atoms with E-state index in [2.05, 4.69) is 27.5 Å². The summed E-state index contributed by atoms with van der Waals surface area (Å²) in [6.45, 7) is 7.48. The number of rotatable bonds is 6. The highest BCUT2D eigenvalue weighted by molar-refractivity contribution is 5.47. The Labute approximate surface area is 113 Å². The molecule has 2 aromatic heterocycles. The number of nitrogens with zero attached hydrogens (tertiary/aromatic N) is 2. The zero-order chi connectivity index (χ0) is 13.7. The van der Waals surface area contributed by atoms with Crippen molar-refractivity contribution >= 4 is 11.6 Å². The van der Waals surface area contributed by atoms with Crippen LogP contribution in [0.25, 0.3) is 0 Å². The lowest BCUT2D eigenvalue weighted by Crippen LogP contribution is -2.07. The fourth-order valence-corrected chi connectivity index (χ4v) is 1.76. The Morgan fingerprint density at radius 2 is 1.84 bits per heavy atom. The summed E-state index contributed by atoms with van der Waals surface area (Å²) >= 11 is 0. The molecular weight excluding hydrogens is 240 g/mol. The van der Waals surface area contributed by atoms with Crippen LogP contribution in [0.4, 0.5) is 11.6 Å². The summed E-state index contributed by atoms with van der Waals surface area (Å²) in [5, 5.41) is 6.51. The molecule has 2 N–H and O–H groups in total. The quantitative estimate of drug-likeness (QED) is 0.835. The summed E-state index contributed by atoms with van der Waals surface area (Å²) in [5.74, 6) is 4.23. The topological polar surface area (TPSA) is 63.0 Å². The average molecular weight is 260 g/mol. The Morgan fingerprint density at radius 3 is 2.47 bits per heavy atom. The first-order valence-electron chi connectivity index (χ1n) is 6.56. The van der Waals surface area contributed by atoms with Crippen molar-refractivity contribution in [3.8, 4) is 0 Å². The van der Waals surface area contributed by atoms with Gasteiger partial charge in [-0.25, -0.2) is 9.97 Å². The summed E-state index contributed by atoms with van der Waals surface area (Å²) in [4.78, 5) is 8.70. The predicted octanol–water partition coefficient (Wildman–Crippen LogP) is 3.12. The van der Waals surface area contributed by atoms with Gasteiger partial charge in [-0.3, -0.25) is 0 Å². The minimum absolute atomic E-state index is 0.623. The van der Waals surface area contributed by atoms with Crippen LogP contribution in [0.1, 0.15) is 30.7 Å². The maximum Gasteiger partial charge on any atom is 0.132 e. The van der Waals surface area contributed by atoms with Gasteiger partial charge in [-0.2, -0.15) is 0 Å². The minimum atomic E-state index is 0.623. The Hall–Kier alpha value is -2.04. The standard InChI is InChI=1S/C14H20N4O/c1-4-7-15-13-8-14(18-11(3)17-13)16-9-12-6-5-10(2)19-12/h5-6,8H,4,7,9H2,1-3H3,(H2,15,16,17,18). The van der Waals surface area contributed by atoms with Gasteiger partial charge < -0.3 is 15.1 Å². The molecule has 0 aliphatic heterocycles. The van der Waals surface area contributed by atoms with Crippen LogP contribution in [0.2, 0.25) is 0 Å². The van der Waals surface area contributed by atoms with E-state index in [1.807, 2.05) is 32.0 Å². The van der Waals surface area contributed by atoms with E-state index >= 15 is 0 Å². The van der Waals surface area contributed by atoms with Crippen molar-refractivity contribution in [3.63, 3.8) is 0 Å². The van der Waals surface area contributed by atoms with Gasteiger partial charge in [0.1, 0.15) is 29.0 Å². The molecule has 19 heavy (non-hydrogen) atoms. The number of aryl methyl sites for hydroxylation is 2. The molecule has 0 amide bonds. The molecule has 5 heteroatoms. The number of hydrogen-bond acceptors (Lipinski definition) is 5. The smallest absolute Gasteiger partial charge is 0.132 e. The number of furan rings is 1. The minimum Gasteiger partial charge on any atom is -0.465 e. The summed E-state index contributed by atoms with van der Waals surface area (Å²) in [7, 11) is 0. The van der Waals surface area contributed by atoms with Crippen molar-refractivity contribution in [2.45, 2.75) is 33.7 Å². The first kappa shape index (κ1) is 13.4. The number of aromatic nitrogens is 2. The second kappa shape index (κ2) is 6.22. The molecule has 0 saturated heterocycles. The van der Waals surface area contributed by atoms with Gasteiger partial charge in [0.25, 0.3) is 0 Å². The maximum absolute atomic E-state index is 5.51. The normalized spacial score (nSPS) is 10.5. The average Bonchev–Trinajstić information content (AvgIpc) is 2.79. The third kappa shape index (κ3) is 3.98. The van der Waals surface area contributed by atoms with Gasteiger partial charge in [0.05, 0.1) is 6.54 Å². The summed E-state index contributed by atoms with van der Waals surface area (Å²) < 4.78 is 5.51. The van der Waals surface area contributed by atoms with Gasteiger partial charge in [-0.05, 0) is 32.4 Å². The van der Waals surface area contributed by atoms with E-state index in [4.69, 9.17) is 4.42 Å². The molecule has 0 bridgehead atoms. The van der Waals surface area contributed by atoms with Crippen molar-refractivity contribution in [2.75, 3.05) is 17.2 Å². The fraction of sp³-hybridized carbons (Fsp3) is 0.429. The fourth-order valence-electron chi connectivity index (χ4n) is 1.76. The highest BCUT2D eigenvalue weighted by Gasteiger charge is 2.03. The summed E-state index contributed by atoms with van der Waals surface area (Å²) in [6.07, 6.45) is 1.07. The molecule has 0 aliphatic rings. The lowest BCUT2D eigenvalue weighted by Gasteiger charge is -2.08. The van der Waals surface area contributed by atoms with Crippen molar-refractivity contribution in [1.82, 2.24) is 9.97 Å². The van der Waals surface area contributed by atoms with E-state index < -0.39 is 0 Å². The number of hydrogen-bond donors (Lipinski definition) is 2. The van der Waals surface area contributed by atoms with Crippen LogP contribution in [-0.4, -0.2) is 16.5 Å².